The van der Waals surface area contributed by atoms with Crippen LogP contribution in [0.4, 0.5) is 5.69 Å². The molecule has 0 aliphatic carbocycles. The van der Waals surface area contributed by atoms with E-state index < -0.39 is 0 Å². The van der Waals surface area contributed by atoms with Crippen LogP contribution in [0.25, 0.3) is 11.1 Å². The lowest BCUT2D eigenvalue weighted by atomic mass is 10.1. The predicted octanol–water partition coefficient (Wildman–Crippen LogP) is 3.01. The van der Waals surface area contributed by atoms with Gasteiger partial charge in [-0.1, -0.05) is 18.2 Å². The molecule has 4 heteroatoms. The Bertz CT molecular complexity index is 686. The van der Waals surface area contributed by atoms with Gasteiger partial charge in [0.05, 0.1) is 12.8 Å². The topological polar surface area (TPSA) is 61.3 Å². The zero-order valence-corrected chi connectivity index (χ0v) is 10.6. The number of hydrogen-bond acceptors (Lipinski definition) is 4. The summed E-state index contributed by atoms with van der Waals surface area (Å²) < 4.78 is 10.8. The second kappa shape index (κ2) is 4.65. The Labute approximate surface area is 110 Å². The molecular weight excluding hydrogens is 240 g/mol. The van der Waals surface area contributed by atoms with Crippen molar-refractivity contribution in [3.63, 3.8) is 0 Å². The third-order valence-electron chi connectivity index (χ3n) is 2.99. The van der Waals surface area contributed by atoms with Crippen molar-refractivity contribution in [1.29, 1.82) is 0 Å². The first-order chi connectivity index (χ1) is 9.26. The molecule has 1 aromatic heterocycles. The number of nitrogens with zero attached hydrogens (tertiary/aromatic N) is 1. The van der Waals surface area contributed by atoms with Crippen molar-refractivity contribution < 1.29 is 9.15 Å². The summed E-state index contributed by atoms with van der Waals surface area (Å²) in [6.45, 7) is 0. The van der Waals surface area contributed by atoms with Gasteiger partial charge in [0.1, 0.15) is 11.3 Å². The molecule has 0 saturated carbocycles. The van der Waals surface area contributed by atoms with Crippen LogP contribution in [0.5, 0.6) is 5.75 Å². The smallest absolute Gasteiger partial charge is 0.199 e. The zero-order chi connectivity index (χ0) is 13.2. The summed E-state index contributed by atoms with van der Waals surface area (Å²) >= 11 is 0. The van der Waals surface area contributed by atoms with Crippen LogP contribution >= 0.6 is 0 Å². The molecule has 4 nitrogen and oxygen atoms in total. The molecule has 0 saturated heterocycles. The van der Waals surface area contributed by atoms with Gasteiger partial charge in [0.15, 0.2) is 11.5 Å². The molecule has 2 aromatic carbocycles. The van der Waals surface area contributed by atoms with Gasteiger partial charge in [-0.05, 0) is 29.8 Å². The van der Waals surface area contributed by atoms with Crippen molar-refractivity contribution in [2.75, 3.05) is 12.8 Å². The molecule has 0 spiro atoms. The SMILES string of the molecule is COc1ccc(Cc2nc3ccccc3o2)cc1N. The van der Waals surface area contributed by atoms with Crippen LogP contribution in [0.2, 0.25) is 0 Å². The van der Waals surface area contributed by atoms with E-state index in [4.69, 9.17) is 14.9 Å². The van der Waals surface area contributed by atoms with E-state index in [9.17, 15) is 0 Å². The van der Waals surface area contributed by atoms with Gasteiger partial charge in [0.2, 0.25) is 0 Å². The molecule has 0 amide bonds. The minimum absolute atomic E-state index is 0.614. The molecule has 0 aliphatic rings. The number of nitrogen functional groups attached to an aromatic ring is 1. The summed E-state index contributed by atoms with van der Waals surface area (Å²) in [6, 6.07) is 13.4. The highest BCUT2D eigenvalue weighted by Crippen LogP contribution is 2.24. The van der Waals surface area contributed by atoms with Crippen molar-refractivity contribution in [2.45, 2.75) is 6.42 Å². The molecule has 0 radical (unpaired) electrons. The van der Waals surface area contributed by atoms with Crippen LogP contribution in [0.3, 0.4) is 0 Å². The molecule has 0 fully saturated rings. The van der Waals surface area contributed by atoms with Crippen molar-refractivity contribution in [3.05, 3.63) is 53.9 Å². The number of anilines is 1. The third kappa shape index (κ3) is 2.25. The number of nitrogens with two attached hydrogens (primary N) is 1. The van der Waals surface area contributed by atoms with E-state index in [0.29, 0.717) is 23.7 Å². The number of methoxy groups -OCH3 is 1. The first kappa shape index (κ1) is 11.6. The lowest BCUT2D eigenvalue weighted by Crippen LogP contribution is -1.95. The van der Waals surface area contributed by atoms with Crippen LogP contribution in [0, 0.1) is 0 Å². The van der Waals surface area contributed by atoms with Crippen LogP contribution in [-0.4, -0.2) is 12.1 Å². The summed E-state index contributed by atoms with van der Waals surface area (Å²) in [5.41, 5.74) is 9.23. The van der Waals surface area contributed by atoms with Gasteiger partial charge in [0.25, 0.3) is 0 Å². The standard InChI is InChI=1S/C15H14N2O2/c1-18-13-7-6-10(8-11(13)16)9-15-17-12-4-2-3-5-14(12)19-15/h2-8H,9,16H2,1H3. The Hall–Kier alpha value is -2.49. The second-order valence-electron chi connectivity index (χ2n) is 4.33. The van der Waals surface area contributed by atoms with Gasteiger partial charge in [0, 0.05) is 6.42 Å². The predicted molar refractivity (Wildman–Crippen MR) is 74.2 cm³/mol. The zero-order valence-electron chi connectivity index (χ0n) is 10.6. The molecule has 0 atom stereocenters. The Morgan fingerprint density at radius 1 is 1.21 bits per heavy atom. The lowest BCUT2D eigenvalue weighted by Gasteiger charge is -2.05. The quantitative estimate of drug-likeness (QED) is 0.730. The summed E-state index contributed by atoms with van der Waals surface area (Å²) in [5.74, 6) is 1.37. The van der Waals surface area contributed by atoms with Crippen LogP contribution < -0.4 is 10.5 Å². The maximum absolute atomic E-state index is 5.88. The first-order valence-corrected chi connectivity index (χ1v) is 6.03. The number of para-hydroxylation sites is 2. The monoisotopic (exact) mass is 254 g/mol. The second-order valence-corrected chi connectivity index (χ2v) is 4.33. The number of oxazole rings is 1. The highest BCUT2D eigenvalue weighted by atomic mass is 16.5. The summed E-state index contributed by atoms with van der Waals surface area (Å²) in [5, 5.41) is 0. The van der Waals surface area contributed by atoms with Gasteiger partial charge < -0.3 is 14.9 Å². The summed E-state index contributed by atoms with van der Waals surface area (Å²) in [6.07, 6.45) is 0.614. The Kier molecular flexibility index (Phi) is 2.83. The highest BCUT2D eigenvalue weighted by molar-refractivity contribution is 5.72. The van der Waals surface area contributed by atoms with Gasteiger partial charge in [-0.3, -0.25) is 0 Å². The maximum atomic E-state index is 5.88. The van der Waals surface area contributed by atoms with Crippen LogP contribution in [0.1, 0.15) is 11.5 Å². The number of hydrogen-bond donors (Lipinski definition) is 1. The van der Waals surface area contributed by atoms with Crippen LogP contribution in [-0.2, 0) is 6.42 Å². The Balaban J connectivity index is 1.90. The van der Waals surface area contributed by atoms with Gasteiger partial charge >= 0.3 is 0 Å². The highest BCUT2D eigenvalue weighted by Gasteiger charge is 2.07. The average Bonchev–Trinajstić information content (AvgIpc) is 2.81. The van der Waals surface area contributed by atoms with E-state index in [2.05, 4.69) is 4.98 Å². The number of ether oxygens (including phenoxy) is 1. The normalized spacial score (nSPS) is 10.8. The summed E-state index contributed by atoms with van der Waals surface area (Å²) in [4.78, 5) is 4.44. The number of fused-ring (bicyclic) bond motifs is 1. The Morgan fingerprint density at radius 2 is 2.05 bits per heavy atom. The minimum atomic E-state index is 0.614. The molecule has 1 heterocycles. The third-order valence-corrected chi connectivity index (χ3v) is 2.99. The van der Waals surface area contributed by atoms with E-state index in [1.165, 1.54) is 0 Å². The van der Waals surface area contributed by atoms with E-state index in [-0.39, 0.29) is 0 Å². The molecule has 2 N–H and O–H groups in total. The van der Waals surface area contributed by atoms with Gasteiger partial charge in [-0.25, -0.2) is 4.98 Å². The van der Waals surface area contributed by atoms with Crippen molar-refractivity contribution in [1.82, 2.24) is 4.98 Å². The molecule has 19 heavy (non-hydrogen) atoms. The van der Waals surface area contributed by atoms with E-state index in [1.54, 1.807) is 7.11 Å². The van der Waals surface area contributed by atoms with Gasteiger partial charge in [-0.15, -0.1) is 0 Å². The summed E-state index contributed by atoms with van der Waals surface area (Å²) in [7, 11) is 1.60. The molecule has 3 rings (SSSR count). The first-order valence-electron chi connectivity index (χ1n) is 6.03. The lowest BCUT2D eigenvalue weighted by molar-refractivity contribution is 0.417. The van der Waals surface area contributed by atoms with Crippen molar-refractivity contribution in [2.24, 2.45) is 0 Å². The molecular formula is C15H14N2O2. The molecule has 0 aliphatic heterocycles. The molecule has 0 bridgehead atoms. The Morgan fingerprint density at radius 3 is 2.79 bits per heavy atom. The van der Waals surface area contributed by atoms with E-state index in [1.807, 2.05) is 42.5 Å². The largest absolute Gasteiger partial charge is 0.495 e. The minimum Gasteiger partial charge on any atom is -0.495 e. The fourth-order valence-electron chi connectivity index (χ4n) is 2.06. The van der Waals surface area contributed by atoms with Crippen molar-refractivity contribution >= 4 is 16.8 Å². The fraction of sp³-hybridized carbons (Fsp3) is 0.133. The molecule has 3 aromatic rings. The number of aromatic nitrogens is 1. The van der Waals surface area contributed by atoms with Crippen LogP contribution in [0.15, 0.2) is 46.9 Å². The van der Waals surface area contributed by atoms with E-state index >= 15 is 0 Å². The average molecular weight is 254 g/mol. The molecule has 96 valence electrons. The molecule has 0 unspecified atom stereocenters. The fourth-order valence-corrected chi connectivity index (χ4v) is 2.06. The maximum Gasteiger partial charge on any atom is 0.199 e. The number of benzene rings is 2. The number of rotatable bonds is 3. The van der Waals surface area contributed by atoms with Crippen molar-refractivity contribution in [3.8, 4) is 5.75 Å². The van der Waals surface area contributed by atoms with E-state index in [0.717, 1.165) is 16.7 Å². The van der Waals surface area contributed by atoms with Gasteiger partial charge in [-0.2, -0.15) is 0 Å².